The maximum atomic E-state index is 6.35. The van der Waals surface area contributed by atoms with Crippen LogP contribution in [0.5, 0.6) is 5.75 Å². The number of hydrogen-bond donors (Lipinski definition) is 1. The summed E-state index contributed by atoms with van der Waals surface area (Å²) in [4.78, 5) is 0. The van der Waals surface area contributed by atoms with Gasteiger partial charge < -0.3 is 10.1 Å². The van der Waals surface area contributed by atoms with Gasteiger partial charge >= 0.3 is 0 Å². The fraction of sp³-hybridized carbons (Fsp3) is 0.368. The Balaban J connectivity index is 1.78. The van der Waals surface area contributed by atoms with Crippen LogP contribution in [0.15, 0.2) is 59.1 Å². The molecule has 0 aromatic heterocycles. The molecule has 0 spiro atoms. The minimum absolute atomic E-state index is 0.0792. The minimum Gasteiger partial charge on any atom is -0.484 e. The van der Waals surface area contributed by atoms with Crippen molar-refractivity contribution < 1.29 is 4.74 Å². The second-order valence-corrected chi connectivity index (χ2v) is 6.68. The van der Waals surface area contributed by atoms with Gasteiger partial charge in [0.05, 0.1) is 4.47 Å². The Kier molecular flexibility index (Phi) is 5.52. The number of hydrogen-bond acceptors (Lipinski definition) is 2. The molecule has 2 atom stereocenters. The van der Waals surface area contributed by atoms with E-state index in [9.17, 15) is 0 Å². The zero-order valence-electron chi connectivity index (χ0n) is 12.7. The van der Waals surface area contributed by atoms with Crippen molar-refractivity contribution in [1.82, 2.24) is 5.32 Å². The summed E-state index contributed by atoms with van der Waals surface area (Å²) in [6.07, 6.45) is 4.93. The first-order valence-electron chi connectivity index (χ1n) is 8.02. The molecule has 2 unspecified atom stereocenters. The van der Waals surface area contributed by atoms with E-state index in [0.29, 0.717) is 6.04 Å². The molecule has 0 radical (unpaired) electrons. The van der Waals surface area contributed by atoms with Gasteiger partial charge in [-0.1, -0.05) is 48.9 Å². The molecule has 1 aliphatic rings. The maximum absolute atomic E-state index is 6.35. The van der Waals surface area contributed by atoms with Crippen molar-refractivity contribution in [2.24, 2.45) is 0 Å². The van der Waals surface area contributed by atoms with Crippen molar-refractivity contribution in [2.75, 3.05) is 6.54 Å². The topological polar surface area (TPSA) is 21.3 Å². The minimum atomic E-state index is 0.0792. The van der Waals surface area contributed by atoms with Gasteiger partial charge in [-0.25, -0.2) is 0 Å². The standard InChI is InChI=1S/C19H22BrNO/c20-17-11-4-5-12-18(17)22-19(15-8-2-1-3-9-15)14-16-10-6-7-13-21-16/h1-5,8-9,11-12,16,19,21H,6-7,10,13-14H2. The Bertz CT molecular complexity index is 581. The fourth-order valence-electron chi connectivity index (χ4n) is 3.00. The van der Waals surface area contributed by atoms with E-state index in [2.05, 4.69) is 51.6 Å². The van der Waals surface area contributed by atoms with Gasteiger partial charge in [0, 0.05) is 12.5 Å². The molecule has 2 aromatic rings. The number of nitrogens with one attached hydrogen (secondary N) is 1. The molecule has 1 saturated heterocycles. The van der Waals surface area contributed by atoms with Crippen molar-refractivity contribution >= 4 is 15.9 Å². The maximum Gasteiger partial charge on any atom is 0.134 e. The largest absolute Gasteiger partial charge is 0.484 e. The molecule has 2 nitrogen and oxygen atoms in total. The van der Waals surface area contributed by atoms with Crippen LogP contribution in [0.25, 0.3) is 0 Å². The lowest BCUT2D eigenvalue weighted by molar-refractivity contribution is 0.168. The molecule has 1 N–H and O–H groups in total. The molecule has 1 aliphatic heterocycles. The van der Waals surface area contributed by atoms with E-state index in [1.165, 1.54) is 24.8 Å². The van der Waals surface area contributed by atoms with Crippen LogP contribution in [0.3, 0.4) is 0 Å². The molecule has 2 aromatic carbocycles. The molecule has 1 heterocycles. The normalized spacial score (nSPS) is 19.6. The average Bonchev–Trinajstić information content (AvgIpc) is 2.58. The molecule has 0 amide bonds. The molecule has 0 saturated carbocycles. The van der Waals surface area contributed by atoms with Crippen LogP contribution in [0.2, 0.25) is 0 Å². The molecular formula is C19H22BrNO. The van der Waals surface area contributed by atoms with Crippen LogP contribution in [-0.2, 0) is 0 Å². The molecule has 116 valence electrons. The Morgan fingerprint density at radius 1 is 1.05 bits per heavy atom. The van der Waals surface area contributed by atoms with E-state index in [1.807, 2.05) is 24.3 Å². The first-order valence-corrected chi connectivity index (χ1v) is 8.82. The van der Waals surface area contributed by atoms with Crippen molar-refractivity contribution in [2.45, 2.75) is 37.8 Å². The summed E-state index contributed by atoms with van der Waals surface area (Å²) >= 11 is 3.58. The Morgan fingerprint density at radius 3 is 2.55 bits per heavy atom. The summed E-state index contributed by atoms with van der Waals surface area (Å²) in [5.41, 5.74) is 1.24. The monoisotopic (exact) mass is 359 g/mol. The quantitative estimate of drug-likeness (QED) is 0.801. The Labute approximate surface area is 141 Å². The van der Waals surface area contributed by atoms with Crippen molar-refractivity contribution in [3.05, 3.63) is 64.6 Å². The van der Waals surface area contributed by atoms with Gasteiger partial charge in [-0.05, 0) is 53.0 Å². The number of piperidine rings is 1. The van der Waals surface area contributed by atoms with E-state index in [0.717, 1.165) is 23.2 Å². The first kappa shape index (κ1) is 15.6. The third-order valence-electron chi connectivity index (χ3n) is 4.19. The summed E-state index contributed by atoms with van der Waals surface area (Å²) in [6.45, 7) is 1.13. The number of halogens is 1. The highest BCUT2D eigenvalue weighted by Gasteiger charge is 2.21. The summed E-state index contributed by atoms with van der Waals surface area (Å²) in [7, 11) is 0. The molecule has 3 rings (SSSR count). The predicted molar refractivity (Wildman–Crippen MR) is 94.2 cm³/mol. The average molecular weight is 360 g/mol. The van der Waals surface area contributed by atoms with E-state index >= 15 is 0 Å². The SMILES string of the molecule is Brc1ccccc1OC(CC1CCCCN1)c1ccccc1. The third kappa shape index (κ3) is 4.11. The third-order valence-corrected chi connectivity index (χ3v) is 4.84. The molecule has 1 fully saturated rings. The molecule has 0 aliphatic carbocycles. The number of ether oxygens (including phenoxy) is 1. The smallest absolute Gasteiger partial charge is 0.134 e. The second kappa shape index (κ2) is 7.80. The van der Waals surface area contributed by atoms with Gasteiger partial charge in [0.15, 0.2) is 0 Å². The zero-order chi connectivity index (χ0) is 15.2. The number of rotatable bonds is 5. The Morgan fingerprint density at radius 2 is 1.82 bits per heavy atom. The fourth-order valence-corrected chi connectivity index (χ4v) is 3.38. The summed E-state index contributed by atoms with van der Waals surface area (Å²) in [6, 6.07) is 19.1. The van der Waals surface area contributed by atoms with E-state index in [-0.39, 0.29) is 6.10 Å². The lowest BCUT2D eigenvalue weighted by Gasteiger charge is -2.28. The van der Waals surface area contributed by atoms with Crippen molar-refractivity contribution in [3.8, 4) is 5.75 Å². The van der Waals surface area contributed by atoms with Crippen LogP contribution >= 0.6 is 15.9 Å². The van der Waals surface area contributed by atoms with E-state index in [1.54, 1.807) is 0 Å². The van der Waals surface area contributed by atoms with Crippen LogP contribution < -0.4 is 10.1 Å². The Hall–Kier alpha value is -1.32. The summed E-state index contributed by atoms with van der Waals surface area (Å²) in [5, 5.41) is 3.63. The van der Waals surface area contributed by atoms with Crippen LogP contribution in [0, 0.1) is 0 Å². The van der Waals surface area contributed by atoms with Gasteiger partial charge in [0.25, 0.3) is 0 Å². The van der Waals surface area contributed by atoms with Crippen LogP contribution in [0.4, 0.5) is 0 Å². The lowest BCUT2D eigenvalue weighted by Crippen LogP contribution is -2.36. The van der Waals surface area contributed by atoms with E-state index in [4.69, 9.17) is 4.74 Å². The summed E-state index contributed by atoms with van der Waals surface area (Å²) in [5.74, 6) is 0.909. The van der Waals surface area contributed by atoms with Crippen molar-refractivity contribution in [1.29, 1.82) is 0 Å². The van der Waals surface area contributed by atoms with Crippen LogP contribution in [0.1, 0.15) is 37.4 Å². The van der Waals surface area contributed by atoms with Gasteiger partial charge in [0.2, 0.25) is 0 Å². The predicted octanol–water partition coefficient (Wildman–Crippen LogP) is 5.10. The number of para-hydroxylation sites is 1. The number of benzene rings is 2. The second-order valence-electron chi connectivity index (χ2n) is 5.83. The van der Waals surface area contributed by atoms with Gasteiger partial charge in [0.1, 0.15) is 11.9 Å². The zero-order valence-corrected chi connectivity index (χ0v) is 14.3. The van der Waals surface area contributed by atoms with E-state index < -0.39 is 0 Å². The lowest BCUT2D eigenvalue weighted by atomic mass is 9.96. The highest BCUT2D eigenvalue weighted by atomic mass is 79.9. The summed E-state index contributed by atoms with van der Waals surface area (Å²) < 4.78 is 7.35. The van der Waals surface area contributed by atoms with Gasteiger partial charge in [-0.3, -0.25) is 0 Å². The van der Waals surface area contributed by atoms with Crippen LogP contribution in [-0.4, -0.2) is 12.6 Å². The molecular weight excluding hydrogens is 338 g/mol. The molecule has 0 bridgehead atoms. The van der Waals surface area contributed by atoms with Crippen molar-refractivity contribution in [3.63, 3.8) is 0 Å². The highest BCUT2D eigenvalue weighted by molar-refractivity contribution is 9.10. The van der Waals surface area contributed by atoms with Gasteiger partial charge in [-0.15, -0.1) is 0 Å². The first-order chi connectivity index (χ1) is 10.8. The molecule has 22 heavy (non-hydrogen) atoms. The molecule has 3 heteroatoms. The highest BCUT2D eigenvalue weighted by Crippen LogP contribution is 2.32. The van der Waals surface area contributed by atoms with Gasteiger partial charge in [-0.2, -0.15) is 0 Å².